The quantitative estimate of drug-likeness (QED) is 0.513. The molecule has 1 aliphatic heterocycles. The molecule has 154 valence electrons. The topological polar surface area (TPSA) is 51.7 Å². The van der Waals surface area contributed by atoms with Gasteiger partial charge in [-0.25, -0.2) is 9.37 Å². The summed E-state index contributed by atoms with van der Waals surface area (Å²) in [7, 11) is 0. The number of pyridine rings is 1. The maximum absolute atomic E-state index is 13.4. The molecular weight excluding hydrogens is 451 g/mol. The number of rotatable bonds is 4. The molecule has 2 atom stereocenters. The molecule has 1 aromatic heterocycles. The second kappa shape index (κ2) is 8.93. The summed E-state index contributed by atoms with van der Waals surface area (Å²) in [4.78, 5) is 19.3. The van der Waals surface area contributed by atoms with Gasteiger partial charge < -0.3 is 14.4 Å². The van der Waals surface area contributed by atoms with Gasteiger partial charge in [-0.1, -0.05) is 30.3 Å². The van der Waals surface area contributed by atoms with E-state index in [1.54, 1.807) is 23.2 Å². The van der Waals surface area contributed by atoms with Gasteiger partial charge in [0, 0.05) is 12.7 Å². The number of aromatic nitrogens is 1. The maximum atomic E-state index is 13.4. The number of benzene rings is 2. The smallest absolute Gasteiger partial charge is 0.259 e. The fourth-order valence-corrected chi connectivity index (χ4v) is 3.87. The number of carbonyl (C=O) groups is 1. The van der Waals surface area contributed by atoms with E-state index in [0.29, 0.717) is 28.9 Å². The largest absolute Gasteiger partial charge is 0.437 e. The Bertz CT molecular complexity index is 1050. The van der Waals surface area contributed by atoms with Crippen molar-refractivity contribution in [2.24, 2.45) is 0 Å². The van der Waals surface area contributed by atoms with Gasteiger partial charge in [0.05, 0.1) is 17.1 Å². The van der Waals surface area contributed by atoms with Crippen molar-refractivity contribution in [1.29, 1.82) is 0 Å². The van der Waals surface area contributed by atoms with Crippen LogP contribution in [0.3, 0.4) is 0 Å². The van der Waals surface area contributed by atoms with E-state index in [0.717, 1.165) is 5.56 Å². The highest BCUT2D eigenvalue weighted by atomic mass is 79.9. The van der Waals surface area contributed by atoms with Crippen LogP contribution in [0.25, 0.3) is 0 Å². The van der Waals surface area contributed by atoms with Crippen molar-refractivity contribution < 1.29 is 18.7 Å². The third-order valence-electron chi connectivity index (χ3n) is 4.82. The maximum Gasteiger partial charge on any atom is 0.259 e. The summed E-state index contributed by atoms with van der Waals surface area (Å²) >= 11 is 3.28. The zero-order valence-corrected chi connectivity index (χ0v) is 17.9. The van der Waals surface area contributed by atoms with Gasteiger partial charge in [-0.05, 0) is 58.7 Å². The molecule has 0 radical (unpaired) electrons. The Kier molecular flexibility index (Phi) is 6.11. The Morgan fingerprint density at radius 1 is 1.17 bits per heavy atom. The molecule has 1 aliphatic rings. The highest BCUT2D eigenvalue weighted by molar-refractivity contribution is 9.10. The van der Waals surface area contributed by atoms with Gasteiger partial charge in [0.25, 0.3) is 5.91 Å². The third-order valence-corrected chi connectivity index (χ3v) is 5.44. The average molecular weight is 471 g/mol. The molecule has 0 saturated carbocycles. The average Bonchev–Trinajstić information content (AvgIpc) is 2.76. The van der Waals surface area contributed by atoms with E-state index in [9.17, 15) is 9.18 Å². The standard InChI is InChI=1S/C23H20BrFN2O3/c1-15-13-27(14-21(29-15)16-6-3-2-4-7-16)23(28)18-8-5-11-26-22(18)30-20-10-9-17(25)12-19(20)24/h2-12,15,21H,13-14H2,1H3. The predicted molar refractivity (Wildman–Crippen MR) is 114 cm³/mol. The van der Waals surface area contributed by atoms with Crippen LogP contribution in [0.1, 0.15) is 28.9 Å². The lowest BCUT2D eigenvalue weighted by molar-refractivity contribution is -0.0692. The zero-order valence-electron chi connectivity index (χ0n) is 16.3. The number of ether oxygens (including phenoxy) is 2. The third kappa shape index (κ3) is 4.52. The van der Waals surface area contributed by atoms with Crippen LogP contribution >= 0.6 is 15.9 Å². The molecular formula is C23H20BrFN2O3. The number of halogens is 2. The molecule has 0 N–H and O–H groups in total. The zero-order chi connectivity index (χ0) is 21.1. The number of nitrogens with zero attached hydrogens (tertiary/aromatic N) is 2. The molecule has 0 aliphatic carbocycles. The lowest BCUT2D eigenvalue weighted by Crippen LogP contribution is -2.46. The minimum atomic E-state index is -0.388. The molecule has 7 heteroatoms. The van der Waals surface area contributed by atoms with Gasteiger partial charge in [0.15, 0.2) is 0 Å². The van der Waals surface area contributed by atoms with Crippen LogP contribution in [-0.4, -0.2) is 35.0 Å². The SMILES string of the molecule is CC1CN(C(=O)c2cccnc2Oc2ccc(F)cc2Br)CC(c2ccccc2)O1. The summed E-state index contributed by atoms with van der Waals surface area (Å²) < 4.78 is 25.7. The molecule has 0 bridgehead atoms. The number of hydrogen-bond acceptors (Lipinski definition) is 4. The minimum absolute atomic E-state index is 0.111. The molecule has 3 aromatic rings. The first-order valence-corrected chi connectivity index (χ1v) is 10.4. The fourth-order valence-electron chi connectivity index (χ4n) is 3.44. The van der Waals surface area contributed by atoms with Gasteiger partial charge >= 0.3 is 0 Å². The fraction of sp³-hybridized carbons (Fsp3) is 0.217. The van der Waals surface area contributed by atoms with Crippen LogP contribution in [0, 0.1) is 5.82 Å². The van der Waals surface area contributed by atoms with Gasteiger partial charge in [-0.15, -0.1) is 0 Å². The lowest BCUT2D eigenvalue weighted by Gasteiger charge is -2.37. The summed E-state index contributed by atoms with van der Waals surface area (Å²) in [5, 5.41) is 0. The Balaban J connectivity index is 1.58. The molecule has 4 rings (SSSR count). The summed E-state index contributed by atoms with van der Waals surface area (Å²) in [6, 6.07) is 17.3. The van der Waals surface area contributed by atoms with E-state index in [1.165, 1.54) is 18.2 Å². The normalized spacial score (nSPS) is 18.8. The molecule has 5 nitrogen and oxygen atoms in total. The van der Waals surface area contributed by atoms with E-state index < -0.39 is 0 Å². The number of amides is 1. The molecule has 30 heavy (non-hydrogen) atoms. The van der Waals surface area contributed by atoms with Crippen molar-refractivity contribution in [3.05, 3.63) is 88.3 Å². The van der Waals surface area contributed by atoms with Crippen molar-refractivity contribution in [1.82, 2.24) is 9.88 Å². The van der Waals surface area contributed by atoms with Crippen LogP contribution in [0.2, 0.25) is 0 Å². The van der Waals surface area contributed by atoms with E-state index in [-0.39, 0.29) is 29.8 Å². The summed E-state index contributed by atoms with van der Waals surface area (Å²) in [6.07, 6.45) is 1.24. The van der Waals surface area contributed by atoms with Crippen molar-refractivity contribution >= 4 is 21.8 Å². The van der Waals surface area contributed by atoms with Crippen molar-refractivity contribution in [3.8, 4) is 11.6 Å². The molecule has 1 saturated heterocycles. The second-order valence-electron chi connectivity index (χ2n) is 7.09. The lowest BCUT2D eigenvalue weighted by atomic mass is 10.1. The minimum Gasteiger partial charge on any atom is -0.437 e. The summed E-state index contributed by atoms with van der Waals surface area (Å²) in [5.41, 5.74) is 1.37. The van der Waals surface area contributed by atoms with Gasteiger partial charge in [-0.3, -0.25) is 4.79 Å². The predicted octanol–water partition coefficient (Wildman–Crippen LogP) is 5.38. The summed E-state index contributed by atoms with van der Waals surface area (Å²) in [5.74, 6) is -0.0277. The van der Waals surface area contributed by atoms with Gasteiger partial charge in [0.1, 0.15) is 23.2 Å². The highest BCUT2D eigenvalue weighted by Gasteiger charge is 2.31. The monoisotopic (exact) mass is 470 g/mol. The van der Waals surface area contributed by atoms with E-state index in [1.807, 2.05) is 37.3 Å². The number of carbonyl (C=O) groups excluding carboxylic acids is 1. The first-order chi connectivity index (χ1) is 14.5. The first-order valence-electron chi connectivity index (χ1n) is 9.59. The Hall–Kier alpha value is -2.77. The molecule has 1 amide bonds. The number of morpholine rings is 1. The molecule has 0 spiro atoms. The van der Waals surface area contributed by atoms with Crippen LogP contribution in [0.4, 0.5) is 4.39 Å². The number of hydrogen-bond donors (Lipinski definition) is 0. The van der Waals surface area contributed by atoms with Gasteiger partial charge in [0.2, 0.25) is 5.88 Å². The summed E-state index contributed by atoms with van der Waals surface area (Å²) in [6.45, 7) is 2.85. The molecule has 2 heterocycles. The van der Waals surface area contributed by atoms with Crippen LogP contribution < -0.4 is 4.74 Å². The van der Waals surface area contributed by atoms with Crippen LogP contribution in [0.5, 0.6) is 11.6 Å². The van der Waals surface area contributed by atoms with E-state index in [4.69, 9.17) is 9.47 Å². The Morgan fingerprint density at radius 3 is 2.73 bits per heavy atom. The highest BCUT2D eigenvalue weighted by Crippen LogP contribution is 2.32. The second-order valence-corrected chi connectivity index (χ2v) is 7.94. The molecule has 1 fully saturated rings. The van der Waals surface area contributed by atoms with Gasteiger partial charge in [-0.2, -0.15) is 0 Å². The Labute approximate surface area is 182 Å². The molecule has 2 unspecified atom stereocenters. The van der Waals surface area contributed by atoms with Crippen LogP contribution in [0.15, 0.2) is 71.3 Å². The van der Waals surface area contributed by atoms with Crippen molar-refractivity contribution in [2.45, 2.75) is 19.1 Å². The van der Waals surface area contributed by atoms with Crippen molar-refractivity contribution in [2.75, 3.05) is 13.1 Å². The first kappa shape index (κ1) is 20.5. The Morgan fingerprint density at radius 2 is 1.97 bits per heavy atom. The van der Waals surface area contributed by atoms with E-state index in [2.05, 4.69) is 20.9 Å². The van der Waals surface area contributed by atoms with Crippen molar-refractivity contribution in [3.63, 3.8) is 0 Å². The van der Waals surface area contributed by atoms with Crippen LogP contribution in [-0.2, 0) is 4.74 Å². The molecule has 2 aromatic carbocycles. The van der Waals surface area contributed by atoms with E-state index >= 15 is 0 Å².